The molecule has 1 heterocycles. The molecule has 1 fully saturated rings. The van der Waals surface area contributed by atoms with Gasteiger partial charge in [0.15, 0.2) is 0 Å². The van der Waals surface area contributed by atoms with E-state index in [4.69, 9.17) is 5.73 Å². The number of hydrogen-bond donors (Lipinski definition) is 1. The van der Waals surface area contributed by atoms with Gasteiger partial charge in [0.2, 0.25) is 5.91 Å². The van der Waals surface area contributed by atoms with Gasteiger partial charge < -0.3 is 15.5 Å². The van der Waals surface area contributed by atoms with Crippen LogP contribution in [0.1, 0.15) is 15.9 Å². The minimum absolute atomic E-state index is 0. The molecule has 1 aromatic carbocycles. The molecule has 0 spiro atoms. The van der Waals surface area contributed by atoms with E-state index in [1.165, 1.54) is 21.9 Å². The molecule has 0 bridgehead atoms. The standard InChI is InChI=1S/C14H16F3N3O2.ClH/c15-14(16,17)11-3-1-2-10(8-11)13(22)20-6-4-19(5-7-20)12(21)9-18;/h1-3,8H,4-7,9,18H2;1H. The average Bonchev–Trinajstić information content (AvgIpc) is 2.53. The Morgan fingerprint density at radius 2 is 1.65 bits per heavy atom. The summed E-state index contributed by atoms with van der Waals surface area (Å²) in [5.41, 5.74) is 4.41. The number of rotatable bonds is 2. The van der Waals surface area contributed by atoms with E-state index in [0.717, 1.165) is 12.1 Å². The Hall–Kier alpha value is -1.80. The number of halogens is 4. The fourth-order valence-electron chi connectivity index (χ4n) is 2.30. The summed E-state index contributed by atoms with van der Waals surface area (Å²) in [5.74, 6) is -0.669. The Morgan fingerprint density at radius 3 is 2.17 bits per heavy atom. The first-order valence-electron chi connectivity index (χ1n) is 6.77. The van der Waals surface area contributed by atoms with E-state index in [2.05, 4.69) is 0 Å². The van der Waals surface area contributed by atoms with Crippen molar-refractivity contribution in [3.05, 3.63) is 35.4 Å². The summed E-state index contributed by atoms with van der Waals surface area (Å²) in [6.07, 6.45) is -4.48. The number of alkyl halides is 3. The first kappa shape index (κ1) is 19.2. The summed E-state index contributed by atoms with van der Waals surface area (Å²) < 4.78 is 38.0. The lowest BCUT2D eigenvalue weighted by Crippen LogP contribution is -2.51. The number of carbonyl (C=O) groups is 2. The zero-order valence-corrected chi connectivity index (χ0v) is 13.0. The number of amides is 2. The third kappa shape index (κ3) is 4.59. The summed E-state index contributed by atoms with van der Waals surface area (Å²) >= 11 is 0. The lowest BCUT2D eigenvalue weighted by molar-refractivity contribution is -0.137. The van der Waals surface area contributed by atoms with Gasteiger partial charge >= 0.3 is 6.18 Å². The lowest BCUT2D eigenvalue weighted by Gasteiger charge is -2.34. The fourth-order valence-corrected chi connectivity index (χ4v) is 2.30. The van der Waals surface area contributed by atoms with Crippen LogP contribution in [0.3, 0.4) is 0 Å². The minimum Gasteiger partial charge on any atom is -0.338 e. The van der Waals surface area contributed by atoms with E-state index in [1.807, 2.05) is 0 Å². The van der Waals surface area contributed by atoms with Gasteiger partial charge in [0, 0.05) is 31.7 Å². The molecule has 2 amide bonds. The highest BCUT2D eigenvalue weighted by atomic mass is 35.5. The van der Waals surface area contributed by atoms with Crippen LogP contribution in [0.15, 0.2) is 24.3 Å². The Bertz CT molecular complexity index is 573. The molecular weight excluding hydrogens is 335 g/mol. The second kappa shape index (κ2) is 7.65. The number of piperazine rings is 1. The van der Waals surface area contributed by atoms with Crippen molar-refractivity contribution in [1.82, 2.24) is 9.80 Å². The molecule has 0 unspecified atom stereocenters. The van der Waals surface area contributed by atoms with Crippen molar-refractivity contribution >= 4 is 24.2 Å². The van der Waals surface area contributed by atoms with Crippen molar-refractivity contribution in [3.63, 3.8) is 0 Å². The molecule has 5 nitrogen and oxygen atoms in total. The second-order valence-corrected chi connectivity index (χ2v) is 4.96. The molecule has 1 aliphatic heterocycles. The van der Waals surface area contributed by atoms with E-state index >= 15 is 0 Å². The van der Waals surface area contributed by atoms with Crippen LogP contribution in [-0.2, 0) is 11.0 Å². The third-order valence-corrected chi connectivity index (χ3v) is 3.53. The molecule has 0 aliphatic carbocycles. The molecule has 9 heteroatoms. The van der Waals surface area contributed by atoms with Gasteiger partial charge in [0.1, 0.15) is 0 Å². The van der Waals surface area contributed by atoms with Crippen molar-refractivity contribution in [2.45, 2.75) is 6.18 Å². The Labute approximate surface area is 137 Å². The maximum absolute atomic E-state index is 12.7. The van der Waals surface area contributed by atoms with Crippen molar-refractivity contribution < 1.29 is 22.8 Å². The van der Waals surface area contributed by atoms with E-state index in [9.17, 15) is 22.8 Å². The maximum Gasteiger partial charge on any atom is 0.416 e. The van der Waals surface area contributed by atoms with Crippen LogP contribution in [0.2, 0.25) is 0 Å². The molecular formula is C14H17ClF3N3O2. The van der Waals surface area contributed by atoms with Gasteiger partial charge in [0.05, 0.1) is 12.1 Å². The topological polar surface area (TPSA) is 66.6 Å². The molecule has 1 aromatic rings. The number of nitrogens with two attached hydrogens (primary N) is 1. The molecule has 2 N–H and O–H groups in total. The highest BCUT2D eigenvalue weighted by Gasteiger charge is 2.31. The largest absolute Gasteiger partial charge is 0.416 e. The molecule has 1 saturated heterocycles. The molecule has 1 aliphatic rings. The second-order valence-electron chi connectivity index (χ2n) is 4.96. The van der Waals surface area contributed by atoms with Crippen molar-refractivity contribution in [2.75, 3.05) is 32.7 Å². The highest BCUT2D eigenvalue weighted by Crippen LogP contribution is 2.29. The van der Waals surface area contributed by atoms with Crippen LogP contribution in [0, 0.1) is 0 Å². The van der Waals surface area contributed by atoms with Gasteiger partial charge in [-0.05, 0) is 18.2 Å². The van der Waals surface area contributed by atoms with Gasteiger partial charge in [-0.15, -0.1) is 12.4 Å². The molecule has 0 atom stereocenters. The van der Waals surface area contributed by atoms with Crippen molar-refractivity contribution in [3.8, 4) is 0 Å². The number of carbonyl (C=O) groups excluding carboxylic acids is 2. The van der Waals surface area contributed by atoms with Crippen LogP contribution in [0.25, 0.3) is 0 Å². The van der Waals surface area contributed by atoms with Crippen molar-refractivity contribution in [2.24, 2.45) is 5.73 Å². The minimum atomic E-state index is -4.48. The monoisotopic (exact) mass is 351 g/mol. The SMILES string of the molecule is Cl.NCC(=O)N1CCN(C(=O)c2cccc(C(F)(F)F)c2)CC1. The molecule has 0 saturated carbocycles. The van der Waals surface area contributed by atoms with Gasteiger partial charge in [-0.1, -0.05) is 6.07 Å². The van der Waals surface area contributed by atoms with Gasteiger partial charge in [0.25, 0.3) is 5.91 Å². The van der Waals surface area contributed by atoms with Crippen LogP contribution in [-0.4, -0.2) is 54.3 Å². The Kier molecular flexibility index (Phi) is 6.40. The van der Waals surface area contributed by atoms with E-state index < -0.39 is 17.6 Å². The van der Waals surface area contributed by atoms with Crippen LogP contribution >= 0.6 is 12.4 Å². The quantitative estimate of drug-likeness (QED) is 0.875. The molecule has 2 rings (SSSR count). The van der Waals surface area contributed by atoms with E-state index in [0.29, 0.717) is 13.1 Å². The van der Waals surface area contributed by atoms with Crippen LogP contribution in [0.5, 0.6) is 0 Å². The summed E-state index contributed by atoms with van der Waals surface area (Å²) in [4.78, 5) is 26.7. The van der Waals surface area contributed by atoms with Crippen LogP contribution in [0.4, 0.5) is 13.2 Å². The molecule has 0 aromatic heterocycles. The predicted octanol–water partition coefficient (Wildman–Crippen LogP) is 1.37. The van der Waals surface area contributed by atoms with Crippen molar-refractivity contribution in [1.29, 1.82) is 0 Å². The average molecular weight is 352 g/mol. The first-order chi connectivity index (χ1) is 10.3. The first-order valence-corrected chi connectivity index (χ1v) is 6.77. The van der Waals surface area contributed by atoms with E-state index in [1.54, 1.807) is 0 Å². The number of nitrogens with zero attached hydrogens (tertiary/aromatic N) is 2. The number of hydrogen-bond acceptors (Lipinski definition) is 3. The zero-order chi connectivity index (χ0) is 16.3. The normalized spacial score (nSPS) is 15.1. The van der Waals surface area contributed by atoms with Gasteiger partial charge in [-0.3, -0.25) is 9.59 Å². The summed E-state index contributed by atoms with van der Waals surface area (Å²) in [6.45, 7) is 1.13. The third-order valence-electron chi connectivity index (χ3n) is 3.53. The predicted molar refractivity (Wildman–Crippen MR) is 80.2 cm³/mol. The van der Waals surface area contributed by atoms with Gasteiger partial charge in [-0.25, -0.2) is 0 Å². The van der Waals surface area contributed by atoms with Crippen LogP contribution < -0.4 is 5.73 Å². The smallest absolute Gasteiger partial charge is 0.338 e. The fraction of sp³-hybridized carbons (Fsp3) is 0.429. The Balaban J connectivity index is 0.00000264. The molecule has 128 valence electrons. The maximum atomic E-state index is 12.7. The summed E-state index contributed by atoms with van der Waals surface area (Å²) in [6, 6.07) is 4.34. The summed E-state index contributed by atoms with van der Waals surface area (Å²) in [7, 11) is 0. The molecule has 23 heavy (non-hydrogen) atoms. The molecule has 0 radical (unpaired) electrons. The number of benzene rings is 1. The van der Waals surface area contributed by atoms with Gasteiger partial charge in [-0.2, -0.15) is 13.2 Å². The highest BCUT2D eigenvalue weighted by molar-refractivity contribution is 5.94. The Morgan fingerprint density at radius 1 is 1.09 bits per heavy atom. The zero-order valence-electron chi connectivity index (χ0n) is 12.2. The van der Waals surface area contributed by atoms with E-state index in [-0.39, 0.29) is 43.5 Å². The summed E-state index contributed by atoms with van der Waals surface area (Å²) in [5, 5.41) is 0. The lowest BCUT2D eigenvalue weighted by atomic mass is 10.1.